The molecule has 0 spiro atoms. The van der Waals surface area contributed by atoms with Gasteiger partial charge in [-0.2, -0.15) is 0 Å². The number of hydrogen-bond acceptors (Lipinski definition) is 4. The summed E-state index contributed by atoms with van der Waals surface area (Å²) in [6.07, 6.45) is 11.5. The summed E-state index contributed by atoms with van der Waals surface area (Å²) < 4.78 is 0. The van der Waals surface area contributed by atoms with Gasteiger partial charge in [-0.05, 0) is 49.2 Å². The Hall–Kier alpha value is -2.39. The predicted octanol–water partition coefficient (Wildman–Crippen LogP) is 4.57. The van der Waals surface area contributed by atoms with Crippen molar-refractivity contribution in [1.29, 1.82) is 0 Å². The lowest BCUT2D eigenvalue weighted by molar-refractivity contribution is -0.137. The van der Waals surface area contributed by atoms with Gasteiger partial charge in [0.15, 0.2) is 0 Å². The third-order valence-corrected chi connectivity index (χ3v) is 7.00. The molecule has 184 valence electrons. The first-order valence-corrected chi connectivity index (χ1v) is 12.6. The summed E-state index contributed by atoms with van der Waals surface area (Å²) in [6, 6.07) is 10.2. The van der Waals surface area contributed by atoms with Gasteiger partial charge >= 0.3 is 5.97 Å². The van der Waals surface area contributed by atoms with Crippen LogP contribution >= 0.6 is 0 Å². The summed E-state index contributed by atoms with van der Waals surface area (Å²) in [5.41, 5.74) is 2.33. The minimum atomic E-state index is -0.780. The van der Waals surface area contributed by atoms with Crippen LogP contribution in [0.1, 0.15) is 69.8 Å². The number of aliphatic hydroxyl groups excluding tert-OH is 3. The van der Waals surface area contributed by atoms with E-state index in [4.69, 9.17) is 5.11 Å². The van der Waals surface area contributed by atoms with Crippen molar-refractivity contribution in [3.8, 4) is 11.8 Å². The molecule has 0 amide bonds. The van der Waals surface area contributed by atoms with Gasteiger partial charge < -0.3 is 20.4 Å². The number of rotatable bonds is 10. The van der Waals surface area contributed by atoms with Gasteiger partial charge in [-0.15, -0.1) is 0 Å². The molecule has 0 aliphatic heterocycles. The second kappa shape index (κ2) is 13.5. The van der Waals surface area contributed by atoms with Gasteiger partial charge in [0.25, 0.3) is 0 Å². The van der Waals surface area contributed by atoms with Crippen LogP contribution in [0.15, 0.2) is 48.6 Å². The van der Waals surface area contributed by atoms with Gasteiger partial charge in [-0.3, -0.25) is 4.79 Å². The van der Waals surface area contributed by atoms with E-state index >= 15 is 0 Å². The highest BCUT2D eigenvalue weighted by Gasteiger charge is 2.40. The lowest BCUT2D eigenvalue weighted by atomic mass is 9.88. The zero-order valence-electron chi connectivity index (χ0n) is 19.9. The van der Waals surface area contributed by atoms with Crippen molar-refractivity contribution >= 4 is 11.5 Å². The molecule has 5 nitrogen and oxygen atoms in total. The Morgan fingerprint density at radius 1 is 1.06 bits per heavy atom. The van der Waals surface area contributed by atoms with Gasteiger partial charge in [-0.1, -0.05) is 79.7 Å². The fourth-order valence-electron chi connectivity index (χ4n) is 5.14. The number of carboxylic acid groups (broad SMARTS) is 1. The maximum absolute atomic E-state index is 10.7. The molecule has 6 unspecified atom stereocenters. The fraction of sp³-hybridized carbons (Fsp3) is 0.552. The first-order chi connectivity index (χ1) is 16.4. The van der Waals surface area contributed by atoms with E-state index in [9.17, 15) is 20.1 Å². The molecule has 0 saturated heterocycles. The molecular weight excluding hydrogens is 428 g/mol. The van der Waals surface area contributed by atoms with Gasteiger partial charge in [-0.25, -0.2) is 0 Å². The second-order valence-electron chi connectivity index (χ2n) is 9.67. The van der Waals surface area contributed by atoms with Crippen LogP contribution in [-0.2, 0) is 4.79 Å². The molecule has 1 fully saturated rings. The summed E-state index contributed by atoms with van der Waals surface area (Å²) in [5.74, 6) is 5.07. The summed E-state index contributed by atoms with van der Waals surface area (Å²) in [7, 11) is 0. The number of carboxylic acids is 1. The average Bonchev–Trinajstić information content (AvgIpc) is 2.95. The number of aliphatic hydroxyl groups is 3. The zero-order chi connectivity index (χ0) is 24.3. The quantitative estimate of drug-likeness (QED) is 0.299. The summed E-state index contributed by atoms with van der Waals surface area (Å²) in [5, 5.41) is 40.2. The molecule has 2 aliphatic carbocycles. The molecular formula is C29H38O5. The SMILES string of the molecule is O=C(O)CCCCCCC1C(O)CC(O)C1C#CC(O)CC1C=C(c2ccccc2)C=CCC1. The van der Waals surface area contributed by atoms with Crippen molar-refractivity contribution in [1.82, 2.24) is 0 Å². The molecule has 0 radical (unpaired) electrons. The largest absolute Gasteiger partial charge is 0.481 e. The standard InChI is InChI=1S/C29H38O5/c30-24(19-21-10-8-9-13-23(18-21)22-11-4-3-5-12-22)16-17-26-25(27(31)20-28(26)32)14-6-1-2-7-15-29(33)34/h3-5,9,11-13,18,21,24-28,30-32H,1-2,6-8,10,14-15,19-20H2,(H,33,34). The molecule has 0 bridgehead atoms. The van der Waals surface area contributed by atoms with E-state index in [0.717, 1.165) is 38.5 Å². The normalized spacial score (nSPS) is 27.4. The van der Waals surface area contributed by atoms with E-state index in [0.29, 0.717) is 19.3 Å². The van der Waals surface area contributed by atoms with E-state index in [-0.39, 0.29) is 24.2 Å². The number of carbonyl (C=O) groups is 1. The zero-order valence-corrected chi connectivity index (χ0v) is 19.9. The van der Waals surface area contributed by atoms with Crippen molar-refractivity contribution in [3.63, 3.8) is 0 Å². The van der Waals surface area contributed by atoms with E-state index in [2.05, 4.69) is 42.2 Å². The predicted molar refractivity (Wildman–Crippen MR) is 134 cm³/mol. The smallest absolute Gasteiger partial charge is 0.303 e. The molecule has 1 aromatic carbocycles. The van der Waals surface area contributed by atoms with Crippen molar-refractivity contribution < 1.29 is 25.2 Å². The highest BCUT2D eigenvalue weighted by Crippen LogP contribution is 2.36. The number of aliphatic carboxylic acids is 1. The minimum Gasteiger partial charge on any atom is -0.481 e. The van der Waals surface area contributed by atoms with Crippen LogP contribution in [0.5, 0.6) is 0 Å². The monoisotopic (exact) mass is 466 g/mol. The molecule has 1 aromatic rings. The van der Waals surface area contributed by atoms with Gasteiger partial charge in [0.1, 0.15) is 6.10 Å². The van der Waals surface area contributed by atoms with E-state index in [1.54, 1.807) is 0 Å². The van der Waals surface area contributed by atoms with Crippen molar-refractivity contribution in [2.45, 2.75) is 82.5 Å². The summed E-state index contributed by atoms with van der Waals surface area (Å²) in [4.78, 5) is 10.6. The number of benzene rings is 1. The van der Waals surface area contributed by atoms with Crippen molar-refractivity contribution in [3.05, 3.63) is 54.1 Å². The minimum absolute atomic E-state index is 0.110. The molecule has 3 rings (SSSR count). The average molecular weight is 467 g/mol. The summed E-state index contributed by atoms with van der Waals surface area (Å²) in [6.45, 7) is 0. The maximum atomic E-state index is 10.7. The topological polar surface area (TPSA) is 98.0 Å². The van der Waals surface area contributed by atoms with Crippen LogP contribution in [0.4, 0.5) is 0 Å². The molecule has 0 aromatic heterocycles. The Morgan fingerprint density at radius 3 is 2.59 bits per heavy atom. The Morgan fingerprint density at radius 2 is 1.82 bits per heavy atom. The van der Waals surface area contributed by atoms with Crippen LogP contribution < -0.4 is 0 Å². The fourth-order valence-corrected chi connectivity index (χ4v) is 5.14. The molecule has 4 N–H and O–H groups in total. The van der Waals surface area contributed by atoms with Gasteiger partial charge in [0.2, 0.25) is 0 Å². The first-order valence-electron chi connectivity index (χ1n) is 12.6. The molecule has 6 atom stereocenters. The lowest BCUT2D eigenvalue weighted by Crippen LogP contribution is -2.21. The molecule has 0 heterocycles. The van der Waals surface area contributed by atoms with Gasteiger partial charge in [0, 0.05) is 18.8 Å². The first kappa shape index (κ1) is 26.2. The Labute approximate surface area is 203 Å². The van der Waals surface area contributed by atoms with Crippen LogP contribution in [0.3, 0.4) is 0 Å². The number of unbranched alkanes of at least 4 members (excludes halogenated alkanes) is 3. The molecule has 34 heavy (non-hydrogen) atoms. The lowest BCUT2D eigenvalue weighted by Gasteiger charge is -2.19. The third kappa shape index (κ3) is 8.13. The Bertz CT molecular complexity index is 894. The van der Waals surface area contributed by atoms with Crippen LogP contribution in [0.25, 0.3) is 5.57 Å². The van der Waals surface area contributed by atoms with E-state index in [1.807, 2.05) is 18.2 Å². The van der Waals surface area contributed by atoms with Crippen LogP contribution in [-0.4, -0.2) is 44.7 Å². The van der Waals surface area contributed by atoms with Crippen LogP contribution in [0, 0.1) is 29.6 Å². The third-order valence-electron chi connectivity index (χ3n) is 7.00. The number of hydrogen-bond donors (Lipinski definition) is 4. The second-order valence-corrected chi connectivity index (χ2v) is 9.67. The Kier molecular flexibility index (Phi) is 10.4. The molecule has 5 heteroatoms. The Balaban J connectivity index is 1.54. The van der Waals surface area contributed by atoms with E-state index < -0.39 is 24.3 Å². The number of allylic oxidation sites excluding steroid dienone is 4. The maximum Gasteiger partial charge on any atom is 0.303 e. The molecule has 2 aliphatic rings. The van der Waals surface area contributed by atoms with E-state index in [1.165, 1.54) is 11.1 Å². The van der Waals surface area contributed by atoms with Gasteiger partial charge in [0.05, 0.1) is 18.1 Å². The van der Waals surface area contributed by atoms with Crippen LogP contribution in [0.2, 0.25) is 0 Å². The molecule has 1 saturated carbocycles. The summed E-state index contributed by atoms with van der Waals surface area (Å²) >= 11 is 0. The van der Waals surface area contributed by atoms with Crippen molar-refractivity contribution in [2.75, 3.05) is 0 Å². The van der Waals surface area contributed by atoms with Crippen molar-refractivity contribution in [2.24, 2.45) is 17.8 Å². The highest BCUT2D eigenvalue weighted by atomic mass is 16.4. The highest BCUT2D eigenvalue weighted by molar-refractivity contribution is 5.74.